The highest BCUT2D eigenvalue weighted by molar-refractivity contribution is 7.98. The summed E-state index contributed by atoms with van der Waals surface area (Å²) in [4.78, 5) is 22.0. The first-order valence-corrected chi connectivity index (χ1v) is 5.46. The monoisotopic (exact) mass is 221 g/mol. The Morgan fingerprint density at radius 2 is 2.00 bits per heavy atom. The summed E-state index contributed by atoms with van der Waals surface area (Å²) in [5.41, 5.74) is 0. The molecule has 0 aromatic heterocycles. The van der Waals surface area contributed by atoms with Gasteiger partial charge >= 0.3 is 12.1 Å². The zero-order valence-corrected chi connectivity index (χ0v) is 9.35. The van der Waals surface area contributed by atoms with E-state index in [4.69, 9.17) is 0 Å². The van der Waals surface area contributed by atoms with Crippen LogP contribution in [0, 0.1) is 0 Å². The maximum Gasteiger partial charge on any atom is 0.407 e. The Bertz CT molecular complexity index is 198. The summed E-state index contributed by atoms with van der Waals surface area (Å²) in [6.07, 6.45) is 1.83. The second kappa shape index (κ2) is 7.49. The van der Waals surface area contributed by atoms with E-state index in [0.717, 1.165) is 5.75 Å². The molecule has 0 bridgehead atoms. The predicted molar refractivity (Wildman–Crippen MR) is 54.3 cm³/mol. The van der Waals surface area contributed by atoms with E-state index in [1.165, 1.54) is 14.2 Å². The Balaban J connectivity index is 4.09. The van der Waals surface area contributed by atoms with Gasteiger partial charge < -0.3 is 14.8 Å². The summed E-state index contributed by atoms with van der Waals surface area (Å²) in [5, 5.41) is 2.40. The molecule has 5 nitrogen and oxygen atoms in total. The van der Waals surface area contributed by atoms with Crippen molar-refractivity contribution in [3.8, 4) is 0 Å². The van der Waals surface area contributed by atoms with E-state index in [2.05, 4.69) is 14.8 Å². The van der Waals surface area contributed by atoms with Crippen molar-refractivity contribution in [3.05, 3.63) is 0 Å². The van der Waals surface area contributed by atoms with Gasteiger partial charge in [-0.15, -0.1) is 0 Å². The number of amides is 1. The van der Waals surface area contributed by atoms with Gasteiger partial charge in [0.2, 0.25) is 0 Å². The Labute approximate surface area is 87.5 Å². The summed E-state index contributed by atoms with van der Waals surface area (Å²) in [7, 11) is 2.53. The van der Waals surface area contributed by atoms with Crippen molar-refractivity contribution in [1.29, 1.82) is 0 Å². The van der Waals surface area contributed by atoms with Crippen molar-refractivity contribution in [1.82, 2.24) is 5.32 Å². The number of nitrogens with one attached hydrogen (secondary N) is 1. The van der Waals surface area contributed by atoms with Crippen LogP contribution < -0.4 is 5.32 Å². The molecule has 0 aliphatic carbocycles. The van der Waals surface area contributed by atoms with Gasteiger partial charge in [-0.2, -0.15) is 11.8 Å². The second-order valence-electron chi connectivity index (χ2n) is 2.49. The second-order valence-corrected chi connectivity index (χ2v) is 3.48. The Hall–Kier alpha value is -0.910. The molecule has 82 valence electrons. The molecule has 1 amide bonds. The molecule has 0 saturated carbocycles. The van der Waals surface area contributed by atoms with E-state index in [-0.39, 0.29) is 0 Å². The number of alkyl carbamates (subject to hydrolysis) is 1. The van der Waals surface area contributed by atoms with Crippen LogP contribution in [0.15, 0.2) is 0 Å². The van der Waals surface area contributed by atoms with E-state index >= 15 is 0 Å². The molecule has 0 aromatic carbocycles. The van der Waals surface area contributed by atoms with Crippen molar-refractivity contribution in [2.45, 2.75) is 12.5 Å². The van der Waals surface area contributed by atoms with Crippen LogP contribution >= 0.6 is 11.8 Å². The largest absolute Gasteiger partial charge is 0.467 e. The lowest BCUT2D eigenvalue weighted by Crippen LogP contribution is -2.41. The fraction of sp³-hybridized carbons (Fsp3) is 0.750. The summed E-state index contributed by atoms with van der Waals surface area (Å²) in [5.74, 6) is 0.313. The SMILES string of the molecule is COC(=O)NC(CCSC)C(=O)OC. The zero-order chi connectivity index (χ0) is 11.0. The van der Waals surface area contributed by atoms with Crippen molar-refractivity contribution in [2.24, 2.45) is 0 Å². The number of carbonyl (C=O) groups is 2. The van der Waals surface area contributed by atoms with E-state index in [9.17, 15) is 9.59 Å². The lowest BCUT2D eigenvalue weighted by molar-refractivity contribution is -0.143. The van der Waals surface area contributed by atoms with Crippen LogP contribution in [-0.2, 0) is 14.3 Å². The van der Waals surface area contributed by atoms with Crippen molar-refractivity contribution >= 4 is 23.8 Å². The van der Waals surface area contributed by atoms with Gasteiger partial charge in [0.15, 0.2) is 0 Å². The number of methoxy groups -OCH3 is 2. The Morgan fingerprint density at radius 1 is 1.36 bits per heavy atom. The molecule has 0 aliphatic rings. The molecule has 14 heavy (non-hydrogen) atoms. The first-order chi connectivity index (χ1) is 6.65. The number of carbonyl (C=O) groups excluding carboxylic acids is 2. The van der Waals surface area contributed by atoms with Gasteiger partial charge in [0.25, 0.3) is 0 Å². The molecule has 0 rings (SSSR count). The summed E-state index contributed by atoms with van der Waals surface area (Å²) in [6.45, 7) is 0. The lowest BCUT2D eigenvalue weighted by Gasteiger charge is -2.14. The molecule has 0 heterocycles. The summed E-state index contributed by atoms with van der Waals surface area (Å²) in [6, 6.07) is -0.625. The molecule has 0 radical (unpaired) electrons. The molecule has 1 atom stereocenters. The number of hydrogen-bond donors (Lipinski definition) is 1. The minimum Gasteiger partial charge on any atom is -0.467 e. The summed E-state index contributed by atoms with van der Waals surface area (Å²) >= 11 is 1.59. The van der Waals surface area contributed by atoms with E-state index in [1.54, 1.807) is 11.8 Å². The molecule has 0 fully saturated rings. The predicted octanol–water partition coefficient (Wildman–Crippen LogP) is 0.637. The zero-order valence-electron chi connectivity index (χ0n) is 8.53. The number of esters is 1. The maximum atomic E-state index is 11.2. The van der Waals surface area contributed by atoms with E-state index < -0.39 is 18.1 Å². The fourth-order valence-electron chi connectivity index (χ4n) is 0.828. The molecular weight excluding hydrogens is 206 g/mol. The standard InChI is InChI=1S/C8H15NO4S/c1-12-7(10)6(4-5-14-3)9-8(11)13-2/h6H,4-5H2,1-3H3,(H,9,11). The van der Waals surface area contributed by atoms with Crippen LogP contribution in [0.1, 0.15) is 6.42 Å². The van der Waals surface area contributed by atoms with Gasteiger partial charge in [0.1, 0.15) is 6.04 Å². The highest BCUT2D eigenvalue weighted by atomic mass is 32.2. The van der Waals surface area contributed by atoms with Crippen LogP contribution in [0.2, 0.25) is 0 Å². The van der Waals surface area contributed by atoms with Gasteiger partial charge in [0, 0.05) is 0 Å². The molecule has 0 aromatic rings. The Kier molecular flexibility index (Phi) is 7.00. The molecule has 0 spiro atoms. The minimum absolute atomic E-state index is 0.454. The van der Waals surface area contributed by atoms with Gasteiger partial charge in [0.05, 0.1) is 14.2 Å². The van der Waals surface area contributed by atoms with Crippen LogP contribution in [0.25, 0.3) is 0 Å². The van der Waals surface area contributed by atoms with Crippen LogP contribution in [0.4, 0.5) is 4.79 Å². The van der Waals surface area contributed by atoms with Gasteiger partial charge in [-0.1, -0.05) is 0 Å². The normalized spacial score (nSPS) is 11.6. The Morgan fingerprint density at radius 3 is 2.43 bits per heavy atom. The molecule has 0 saturated heterocycles. The van der Waals surface area contributed by atoms with Gasteiger partial charge in [-0.3, -0.25) is 0 Å². The van der Waals surface area contributed by atoms with Crippen molar-refractivity contribution in [2.75, 3.05) is 26.2 Å². The van der Waals surface area contributed by atoms with Crippen LogP contribution in [0.3, 0.4) is 0 Å². The average Bonchev–Trinajstić information content (AvgIpc) is 2.22. The molecule has 0 aliphatic heterocycles. The van der Waals surface area contributed by atoms with Crippen molar-refractivity contribution < 1.29 is 19.1 Å². The van der Waals surface area contributed by atoms with E-state index in [0.29, 0.717) is 6.42 Å². The highest BCUT2D eigenvalue weighted by Gasteiger charge is 2.20. The smallest absolute Gasteiger partial charge is 0.407 e. The highest BCUT2D eigenvalue weighted by Crippen LogP contribution is 2.02. The number of rotatable bonds is 5. The summed E-state index contributed by atoms with van der Waals surface area (Å²) < 4.78 is 8.93. The topological polar surface area (TPSA) is 64.6 Å². The molecule has 1 unspecified atom stereocenters. The number of ether oxygens (including phenoxy) is 2. The number of thioether (sulfide) groups is 1. The quantitative estimate of drug-likeness (QED) is 0.690. The van der Waals surface area contributed by atoms with Crippen LogP contribution in [0.5, 0.6) is 0 Å². The fourth-order valence-corrected chi connectivity index (χ4v) is 1.30. The first-order valence-electron chi connectivity index (χ1n) is 4.07. The third kappa shape index (κ3) is 4.96. The minimum atomic E-state index is -0.625. The van der Waals surface area contributed by atoms with Crippen LogP contribution in [-0.4, -0.2) is 44.3 Å². The maximum absolute atomic E-state index is 11.2. The van der Waals surface area contributed by atoms with Gasteiger partial charge in [-0.05, 0) is 18.4 Å². The molecule has 1 N–H and O–H groups in total. The molecule has 6 heteroatoms. The third-order valence-electron chi connectivity index (χ3n) is 1.57. The van der Waals surface area contributed by atoms with Crippen molar-refractivity contribution in [3.63, 3.8) is 0 Å². The first kappa shape index (κ1) is 13.1. The third-order valence-corrected chi connectivity index (χ3v) is 2.22. The number of hydrogen-bond acceptors (Lipinski definition) is 5. The average molecular weight is 221 g/mol. The molecular formula is C8H15NO4S. The van der Waals surface area contributed by atoms with Gasteiger partial charge in [-0.25, -0.2) is 9.59 Å². The lowest BCUT2D eigenvalue weighted by atomic mass is 10.2. The van der Waals surface area contributed by atoms with E-state index in [1.807, 2.05) is 6.26 Å².